The summed E-state index contributed by atoms with van der Waals surface area (Å²) in [6, 6.07) is 0. The van der Waals surface area contributed by atoms with Gasteiger partial charge in [0.05, 0.1) is 19.8 Å². The minimum Gasteiger partial charge on any atom is -0.394 e. The minimum absolute atomic E-state index is 0.122. The molecule has 0 aliphatic rings. The molecule has 0 aliphatic carbocycles. The first-order chi connectivity index (χ1) is 4.83. The third-order valence-corrected chi connectivity index (χ3v) is 0.617. The van der Waals surface area contributed by atoms with Crippen LogP contribution in [0.25, 0.3) is 0 Å². The summed E-state index contributed by atoms with van der Waals surface area (Å²) in [6.07, 6.45) is 0.997. The second kappa shape index (κ2) is 15.9. The minimum atomic E-state index is 0.122. The molecule has 0 aromatic heterocycles. The zero-order valence-corrected chi connectivity index (χ0v) is 6.67. The number of hydrogen-bond acceptors (Lipinski definition) is 4. The van der Waals surface area contributed by atoms with Crippen molar-refractivity contribution in [2.24, 2.45) is 5.90 Å². The Labute approximate surface area is 61.9 Å². The second-order valence-corrected chi connectivity index (χ2v) is 1.59. The van der Waals surface area contributed by atoms with Crippen LogP contribution < -0.4 is 5.90 Å². The molecule has 0 atom stereocenters. The maximum atomic E-state index is 7.94. The van der Waals surface area contributed by atoms with Crippen LogP contribution in [0.5, 0.6) is 0 Å². The van der Waals surface area contributed by atoms with Crippen LogP contribution in [0.3, 0.4) is 0 Å². The maximum absolute atomic E-state index is 7.94. The van der Waals surface area contributed by atoms with Crippen molar-refractivity contribution in [3.8, 4) is 0 Å². The van der Waals surface area contributed by atoms with Gasteiger partial charge in [-0.1, -0.05) is 6.92 Å². The average Bonchev–Trinajstić information content (AvgIpc) is 1.93. The third kappa shape index (κ3) is 24.9. The van der Waals surface area contributed by atoms with Crippen molar-refractivity contribution in [1.82, 2.24) is 0 Å². The lowest BCUT2D eigenvalue weighted by Crippen LogP contribution is -1.97. The molecule has 10 heavy (non-hydrogen) atoms. The van der Waals surface area contributed by atoms with E-state index in [1.807, 2.05) is 6.92 Å². The van der Waals surface area contributed by atoms with Crippen molar-refractivity contribution in [3.05, 3.63) is 0 Å². The fourth-order valence-corrected chi connectivity index (χ4v) is 0.209. The molecule has 0 spiro atoms. The van der Waals surface area contributed by atoms with E-state index in [1.165, 1.54) is 0 Å². The van der Waals surface area contributed by atoms with E-state index in [-0.39, 0.29) is 6.61 Å². The Morgan fingerprint density at radius 2 is 2.00 bits per heavy atom. The van der Waals surface area contributed by atoms with E-state index in [2.05, 4.69) is 15.5 Å². The Bertz CT molecular complexity index is 34.0. The van der Waals surface area contributed by atoms with Gasteiger partial charge in [0.25, 0.3) is 0 Å². The van der Waals surface area contributed by atoms with E-state index in [0.29, 0.717) is 13.2 Å². The molecular formula is C6H17NO3. The molecule has 0 rings (SSSR count). The van der Waals surface area contributed by atoms with Crippen LogP contribution in [-0.2, 0) is 9.57 Å². The van der Waals surface area contributed by atoms with Crippen molar-refractivity contribution in [3.63, 3.8) is 0 Å². The first-order valence-electron chi connectivity index (χ1n) is 3.24. The molecule has 0 heterocycles. The van der Waals surface area contributed by atoms with Gasteiger partial charge in [-0.15, -0.1) is 0 Å². The zero-order chi connectivity index (χ0) is 8.24. The number of aliphatic hydroxyl groups is 1. The van der Waals surface area contributed by atoms with Gasteiger partial charge in [0.2, 0.25) is 0 Å². The fraction of sp³-hybridized carbons (Fsp3) is 1.00. The van der Waals surface area contributed by atoms with Crippen LogP contribution in [0, 0.1) is 0 Å². The lowest BCUT2D eigenvalue weighted by molar-refractivity contribution is 0.135. The molecule has 3 N–H and O–H groups in total. The van der Waals surface area contributed by atoms with Crippen LogP contribution in [0.4, 0.5) is 0 Å². The molecule has 0 unspecified atom stereocenters. The van der Waals surface area contributed by atoms with Crippen LogP contribution in [0.2, 0.25) is 0 Å². The molecule has 0 amide bonds. The molecule has 64 valence electrons. The summed E-state index contributed by atoms with van der Waals surface area (Å²) in [5.74, 6) is 4.64. The summed E-state index contributed by atoms with van der Waals surface area (Å²) < 4.78 is 4.44. The van der Waals surface area contributed by atoms with Gasteiger partial charge < -0.3 is 14.7 Å². The van der Waals surface area contributed by atoms with Gasteiger partial charge in [-0.05, 0) is 6.42 Å². The fourth-order valence-electron chi connectivity index (χ4n) is 0.209. The summed E-state index contributed by atoms with van der Waals surface area (Å²) in [4.78, 5) is 4.19. The average molecular weight is 151 g/mol. The van der Waals surface area contributed by atoms with Crippen molar-refractivity contribution < 1.29 is 14.7 Å². The first-order valence-corrected chi connectivity index (χ1v) is 3.24. The molecule has 0 fully saturated rings. The Kier molecular flexibility index (Phi) is 19.9. The Morgan fingerprint density at radius 1 is 1.40 bits per heavy atom. The molecule has 4 heteroatoms. The Hall–Kier alpha value is -0.160. The highest BCUT2D eigenvalue weighted by Gasteiger charge is 1.67. The highest BCUT2D eigenvalue weighted by molar-refractivity contribution is 4.14. The Balaban J connectivity index is 0. The summed E-state index contributed by atoms with van der Waals surface area (Å²) in [5, 5.41) is 7.94. The number of hydrogen-bond donors (Lipinski definition) is 2. The maximum Gasteiger partial charge on any atom is 0.0693 e. The van der Waals surface area contributed by atoms with E-state index < -0.39 is 0 Å². The molecule has 0 aromatic carbocycles. The van der Waals surface area contributed by atoms with E-state index in [4.69, 9.17) is 5.11 Å². The van der Waals surface area contributed by atoms with Gasteiger partial charge in [0.1, 0.15) is 0 Å². The second-order valence-electron chi connectivity index (χ2n) is 1.59. The van der Waals surface area contributed by atoms with Crippen molar-refractivity contribution >= 4 is 0 Å². The van der Waals surface area contributed by atoms with Crippen LogP contribution in [0.1, 0.15) is 13.3 Å². The molecule has 0 radical (unpaired) electrons. The molecular weight excluding hydrogens is 134 g/mol. The summed E-state index contributed by atoms with van der Waals surface area (Å²) >= 11 is 0. The lowest BCUT2D eigenvalue weighted by atomic mass is 10.5. The smallest absolute Gasteiger partial charge is 0.0693 e. The standard InChI is InChI=1S/C3H9NO.C3H8O2/c1-2-3-5-4;1-5-3-2-4/h2-4H2,1H3;4H,2-3H2,1H3. The van der Waals surface area contributed by atoms with Gasteiger partial charge >= 0.3 is 0 Å². The van der Waals surface area contributed by atoms with Gasteiger partial charge in [0.15, 0.2) is 0 Å². The van der Waals surface area contributed by atoms with Gasteiger partial charge in [-0.2, -0.15) is 0 Å². The molecule has 0 aliphatic heterocycles. The predicted octanol–water partition coefficient (Wildman–Crippen LogP) is -0.0882. The van der Waals surface area contributed by atoms with E-state index in [0.717, 1.165) is 6.42 Å². The van der Waals surface area contributed by atoms with E-state index in [1.54, 1.807) is 7.11 Å². The molecule has 0 saturated carbocycles. The van der Waals surface area contributed by atoms with Crippen molar-refractivity contribution in [2.45, 2.75) is 13.3 Å². The van der Waals surface area contributed by atoms with Gasteiger partial charge in [-0.3, -0.25) is 0 Å². The molecule has 4 nitrogen and oxygen atoms in total. The highest BCUT2D eigenvalue weighted by Crippen LogP contribution is 1.67. The topological polar surface area (TPSA) is 64.7 Å². The summed E-state index contributed by atoms with van der Waals surface area (Å²) in [6.45, 7) is 3.24. The van der Waals surface area contributed by atoms with Crippen LogP contribution in [-0.4, -0.2) is 32.0 Å². The number of aliphatic hydroxyl groups excluding tert-OH is 1. The molecule has 0 bridgehead atoms. The van der Waals surface area contributed by atoms with Gasteiger partial charge in [0, 0.05) is 7.11 Å². The lowest BCUT2D eigenvalue weighted by Gasteiger charge is -1.84. The number of nitrogens with two attached hydrogens (primary N) is 1. The SMILES string of the molecule is CCCON.COCCO. The zero-order valence-electron chi connectivity index (χ0n) is 6.67. The third-order valence-electron chi connectivity index (χ3n) is 0.617. The highest BCUT2D eigenvalue weighted by atomic mass is 16.6. The first kappa shape index (κ1) is 12.5. The van der Waals surface area contributed by atoms with E-state index in [9.17, 15) is 0 Å². The van der Waals surface area contributed by atoms with Gasteiger partial charge in [-0.25, -0.2) is 5.90 Å². The number of rotatable bonds is 4. The normalized spacial score (nSPS) is 8.40. The number of ether oxygens (including phenoxy) is 1. The Morgan fingerprint density at radius 3 is 2.00 bits per heavy atom. The van der Waals surface area contributed by atoms with Crippen molar-refractivity contribution in [1.29, 1.82) is 0 Å². The summed E-state index contributed by atoms with van der Waals surface area (Å²) in [7, 11) is 1.55. The molecule has 0 saturated heterocycles. The number of methoxy groups -OCH3 is 1. The monoisotopic (exact) mass is 151 g/mol. The quantitative estimate of drug-likeness (QED) is 0.551. The van der Waals surface area contributed by atoms with Crippen LogP contribution in [0.15, 0.2) is 0 Å². The predicted molar refractivity (Wildman–Crippen MR) is 39.4 cm³/mol. The van der Waals surface area contributed by atoms with Crippen molar-refractivity contribution in [2.75, 3.05) is 26.9 Å². The summed E-state index contributed by atoms with van der Waals surface area (Å²) in [5.41, 5.74) is 0. The molecule has 0 aromatic rings. The largest absolute Gasteiger partial charge is 0.394 e. The van der Waals surface area contributed by atoms with E-state index >= 15 is 0 Å². The van der Waals surface area contributed by atoms with Crippen LogP contribution >= 0.6 is 0 Å².